The maximum Gasteiger partial charge on any atom is 0.407 e. The van der Waals surface area contributed by atoms with Gasteiger partial charge in [-0.05, 0) is 170 Å². The highest BCUT2D eigenvalue weighted by Gasteiger charge is 2.30. The van der Waals surface area contributed by atoms with E-state index < -0.39 is 89.5 Å². The van der Waals surface area contributed by atoms with Crippen molar-refractivity contribution in [3.05, 3.63) is 261 Å². The van der Waals surface area contributed by atoms with E-state index in [0.717, 1.165) is 22.3 Å². The van der Waals surface area contributed by atoms with Gasteiger partial charge < -0.3 is 86.6 Å². The minimum atomic E-state index is -1.23. The molecule has 4 atom stereocenters. The molecule has 11 N–H and O–H groups in total. The molecule has 0 saturated heterocycles. The molecule has 8 aromatic carbocycles. The van der Waals surface area contributed by atoms with E-state index in [1.807, 2.05) is 121 Å². The van der Waals surface area contributed by atoms with Gasteiger partial charge in [-0.2, -0.15) is 0 Å². The van der Waals surface area contributed by atoms with Crippen LogP contribution in [-0.2, 0) is 90.2 Å². The highest BCUT2D eigenvalue weighted by molar-refractivity contribution is 6.04. The molecule has 132 heavy (non-hydrogen) atoms. The lowest BCUT2D eigenvalue weighted by molar-refractivity contribution is -0.121. The van der Waals surface area contributed by atoms with E-state index in [0.29, 0.717) is 80.2 Å². The smallest absolute Gasteiger partial charge is 0.407 e. The number of alkyl carbamates (subject to hydrolysis) is 4. The number of hydrogen-bond donors (Lipinski definition) is 9. The van der Waals surface area contributed by atoms with Gasteiger partial charge in [0.1, 0.15) is 49.4 Å². The monoisotopic (exact) mass is 1830 g/mol. The van der Waals surface area contributed by atoms with Gasteiger partial charge in [0, 0.05) is 51.9 Å². The summed E-state index contributed by atoms with van der Waals surface area (Å²) in [6, 6.07) is 50.5. The summed E-state index contributed by atoms with van der Waals surface area (Å²) in [4.78, 5) is 165. The second kappa shape index (κ2) is 67.7. The summed E-state index contributed by atoms with van der Waals surface area (Å²) in [7, 11) is 5.43. The van der Waals surface area contributed by atoms with Crippen molar-refractivity contribution in [1.29, 1.82) is 0 Å². The molecule has 0 aliphatic carbocycles. The third-order valence-corrected chi connectivity index (χ3v) is 19.7. The van der Waals surface area contributed by atoms with Crippen LogP contribution >= 0.6 is 0 Å². The highest BCUT2D eigenvalue weighted by Crippen LogP contribution is 2.28. The first kappa shape index (κ1) is 125. The van der Waals surface area contributed by atoms with Gasteiger partial charge in [0.15, 0.2) is 23.1 Å². The van der Waals surface area contributed by atoms with E-state index in [2.05, 4.69) is 37.2 Å². The molecule has 8 aromatic rings. The van der Waals surface area contributed by atoms with E-state index in [9.17, 15) is 57.5 Å². The van der Waals surface area contributed by atoms with Crippen molar-refractivity contribution in [2.45, 2.75) is 235 Å². The molecule has 0 aliphatic heterocycles. The third-order valence-electron chi connectivity index (χ3n) is 19.7. The molecule has 8 amide bonds. The molecule has 0 aliphatic rings. The summed E-state index contributed by atoms with van der Waals surface area (Å²) in [5.74, 6) is -4.19. The van der Waals surface area contributed by atoms with Gasteiger partial charge >= 0.3 is 24.4 Å². The van der Waals surface area contributed by atoms with Crippen molar-refractivity contribution >= 4 is 71.1 Å². The molecule has 0 bridgehead atoms. The molecule has 0 heterocycles. The van der Waals surface area contributed by atoms with Gasteiger partial charge in [-0.1, -0.05) is 227 Å². The van der Waals surface area contributed by atoms with Gasteiger partial charge in [0.2, 0.25) is 0 Å². The summed E-state index contributed by atoms with van der Waals surface area (Å²) in [6.07, 6.45) is 0.000195. The van der Waals surface area contributed by atoms with Crippen molar-refractivity contribution < 1.29 is 95.4 Å². The summed E-state index contributed by atoms with van der Waals surface area (Å²) >= 11 is 0. The number of primary amides is 1. The molecule has 29 nitrogen and oxygen atoms in total. The van der Waals surface area contributed by atoms with Crippen molar-refractivity contribution in [3.8, 4) is 23.0 Å². The molecular weight excluding hydrogens is 1680 g/mol. The van der Waals surface area contributed by atoms with Crippen molar-refractivity contribution in [1.82, 2.24) is 37.2 Å². The topological polar surface area (TPSA) is 415 Å². The molecule has 0 unspecified atom stereocenters. The zero-order valence-corrected chi connectivity index (χ0v) is 68.6. The SMILES string of the molecule is C.C.C.C.C.C.C.C.C.C.C.COc1ccc(CC(=O)[C@H](CCCCNC(=O)OCc2ccccc2)NC(=O)c2cc(CC(=O)[C@H](CCCCNC(=O)OCc3ccccc3)NC(=O)c3cc(CC(=O)[C@H](CCCCNC(=O)OCc4ccccc4)NC(=O)c4cc(CC(=O)[C@@H](N)CCCCNC(=O)OCc5ccccc5)ccc4OC)ccc3OC)ccc2OC)cc1C(N)=O. The van der Waals surface area contributed by atoms with Crippen LogP contribution in [0.25, 0.3) is 0 Å². The van der Waals surface area contributed by atoms with Gasteiger partial charge in [-0.3, -0.25) is 38.4 Å². The Balaban J connectivity index is -0.00000745. The molecule has 0 aromatic heterocycles. The van der Waals surface area contributed by atoms with E-state index in [-0.39, 0.29) is 230 Å². The van der Waals surface area contributed by atoms with Crippen LogP contribution in [0, 0.1) is 0 Å². The zero-order valence-electron chi connectivity index (χ0n) is 68.6. The zero-order chi connectivity index (χ0) is 86.7. The van der Waals surface area contributed by atoms with Crippen LogP contribution in [0.15, 0.2) is 194 Å². The predicted octanol–water partition coefficient (Wildman–Crippen LogP) is 18.4. The summed E-state index contributed by atoms with van der Waals surface area (Å²) in [5.41, 5.74) is 16.7. The lowest BCUT2D eigenvalue weighted by atomic mass is 9.95. The van der Waals surface area contributed by atoms with Crippen LogP contribution in [0.1, 0.15) is 245 Å². The molecule has 29 heteroatoms. The van der Waals surface area contributed by atoms with Gasteiger partial charge in [0.25, 0.3) is 23.6 Å². The molecule has 8 rings (SSSR count). The minimum Gasteiger partial charge on any atom is -0.496 e. The second-order valence-corrected chi connectivity index (χ2v) is 28.7. The first-order valence-electron chi connectivity index (χ1n) is 40.1. The fourth-order valence-electron chi connectivity index (χ4n) is 13.1. The van der Waals surface area contributed by atoms with Crippen LogP contribution < -0.4 is 67.6 Å². The first-order chi connectivity index (χ1) is 58.6. The number of nitrogens with two attached hydrogens (primary N) is 2. The Hall–Kier alpha value is -13.4. The Labute approximate surface area is 784 Å². The van der Waals surface area contributed by atoms with Gasteiger partial charge in [0.05, 0.1) is 74.9 Å². The maximum atomic E-state index is 15.0. The van der Waals surface area contributed by atoms with E-state index in [1.54, 1.807) is 24.3 Å². The maximum absolute atomic E-state index is 15.0. The highest BCUT2D eigenvalue weighted by atomic mass is 16.6. The number of rotatable bonds is 51. The molecule has 0 spiro atoms. The quantitative estimate of drug-likeness (QED) is 0.0126. The fraction of sp³-hybridized carbons (Fsp3) is 0.417. The number of Topliss-reactive ketones (excluding diaryl/α,β-unsaturated/α-hetero) is 4. The lowest BCUT2D eigenvalue weighted by Gasteiger charge is -2.21. The van der Waals surface area contributed by atoms with Crippen LogP contribution in [0.3, 0.4) is 0 Å². The Morgan fingerprint density at radius 3 is 0.727 bits per heavy atom. The largest absolute Gasteiger partial charge is 0.496 e. The number of nitrogens with one attached hydrogen (secondary N) is 7. The predicted molar refractivity (Wildman–Crippen MR) is 525 cm³/mol. The Kier molecular flexibility index (Phi) is 64.1. The summed E-state index contributed by atoms with van der Waals surface area (Å²) < 4.78 is 43.7. The number of amides is 8. The molecule has 728 valence electrons. The minimum absolute atomic E-state index is 0. The number of carbonyl (C=O) groups is 12. The Morgan fingerprint density at radius 1 is 0.273 bits per heavy atom. The van der Waals surface area contributed by atoms with E-state index >= 15 is 0 Å². The number of ether oxygens (including phenoxy) is 8. The average molecular weight is 1840 g/mol. The standard InChI is InChI=1S/C92H107N9O20.11CH4/c1-114-81-41-37-65(49-69(81)85(94)106)54-78(103)74(34-18-22-46-96-90(111)119-58-62-27-11-6-12-28-62)99-87(108)71-51-67(39-43-83(71)116-3)56-80(105)76(36-20-24-48-98-92(113)121-60-64-31-15-8-16-32-64)101-88(109)72-52-68(40-44-84(72)117-4)55-79(104)75(35-19-23-47-97-91(112)120-59-63-29-13-7-14-30-63)100-86(107)70-50-66(38-42-82(70)115-2)53-77(102)73(93)33-17-21-45-95-89(110)118-57-61-25-9-5-10-26-61;;;;;;;;;;;/h5-16,25-32,37-44,49-52,73-76H,17-24,33-36,45-48,53-60,93H2,1-4H3,(H2,94,106)(H,95,110)(H,96,111)(H,97,112)(H,98,113)(H,99,108)(H,100,107)(H,101,109);11*1H4/t73-,74-,75-,76-;;;;;;;;;;;/m0.........../s1. The first-order valence-corrected chi connectivity index (χ1v) is 40.1. The fourth-order valence-corrected chi connectivity index (χ4v) is 13.1. The van der Waals surface area contributed by atoms with Crippen LogP contribution in [0.5, 0.6) is 23.0 Å². The van der Waals surface area contributed by atoms with Crippen LogP contribution in [-0.4, -0.2) is 150 Å². The number of hydrogen-bond acceptors (Lipinski definition) is 21. The van der Waals surface area contributed by atoms with E-state index in [4.69, 9.17) is 49.4 Å². The number of benzene rings is 8. The normalized spacial score (nSPS) is 10.8. The molecule has 0 saturated carbocycles. The van der Waals surface area contributed by atoms with Gasteiger partial charge in [-0.25, -0.2) is 19.2 Å². The van der Waals surface area contributed by atoms with Gasteiger partial charge in [-0.15, -0.1) is 0 Å². The summed E-state index contributed by atoms with van der Waals surface area (Å²) in [6.45, 7) is 1.04. The number of carbonyl (C=O) groups excluding carboxylic acids is 12. The molecule has 0 fully saturated rings. The lowest BCUT2D eigenvalue weighted by Crippen LogP contribution is -2.42. The van der Waals surface area contributed by atoms with E-state index in [1.165, 1.54) is 77.0 Å². The Morgan fingerprint density at radius 2 is 0.492 bits per heavy atom. The van der Waals surface area contributed by atoms with Crippen LogP contribution in [0.2, 0.25) is 0 Å². The average Bonchev–Trinajstić information content (AvgIpc) is 0.827. The number of unbranched alkanes of at least 4 members (excludes halogenated alkanes) is 4. The second-order valence-electron chi connectivity index (χ2n) is 28.7. The van der Waals surface area contributed by atoms with Crippen molar-refractivity contribution in [2.75, 3.05) is 54.6 Å². The van der Waals surface area contributed by atoms with Crippen molar-refractivity contribution in [3.63, 3.8) is 0 Å². The summed E-state index contributed by atoms with van der Waals surface area (Å²) in [5, 5.41) is 19.5. The van der Waals surface area contributed by atoms with Crippen LogP contribution in [0.4, 0.5) is 19.2 Å². The number of ketones is 4. The molecule has 0 radical (unpaired) electrons. The van der Waals surface area contributed by atoms with Crippen molar-refractivity contribution in [2.24, 2.45) is 11.5 Å². The number of methoxy groups -OCH3 is 4. The Bertz CT molecular complexity index is 4770. The molecular formula is C103H151N9O20. The third kappa shape index (κ3) is 42.9.